The molecule has 82 valence electrons. The number of alkyl halides is 2. The van der Waals surface area contributed by atoms with Gasteiger partial charge in [0.1, 0.15) is 0 Å². The number of ether oxygens (including phenoxy) is 1. The van der Waals surface area contributed by atoms with Crippen molar-refractivity contribution in [3.63, 3.8) is 0 Å². The maximum absolute atomic E-state index is 12.4. The van der Waals surface area contributed by atoms with E-state index in [0.717, 1.165) is 12.3 Å². The molecule has 15 heavy (non-hydrogen) atoms. The lowest BCUT2D eigenvalue weighted by atomic mass is 10.2. The lowest BCUT2D eigenvalue weighted by Crippen LogP contribution is -2.06. The second kappa shape index (κ2) is 5.02. The van der Waals surface area contributed by atoms with Crippen LogP contribution in [0.3, 0.4) is 0 Å². The first-order valence-corrected chi connectivity index (χ1v) is 4.41. The number of nitrogens with zero attached hydrogens (tertiary/aromatic N) is 1. The molecule has 0 aromatic carbocycles. The van der Waals surface area contributed by atoms with Crippen LogP contribution in [0.15, 0.2) is 12.3 Å². The highest BCUT2D eigenvalue weighted by Gasteiger charge is 2.14. The summed E-state index contributed by atoms with van der Waals surface area (Å²) in [5, 5.41) is -0.112. The summed E-state index contributed by atoms with van der Waals surface area (Å²) in [6, 6.07) is 1.10. The Hall–Kier alpha value is -1.23. The number of carbonyl (C=O) groups is 1. The van der Waals surface area contributed by atoms with Crippen LogP contribution < -0.4 is 0 Å². The number of rotatable bonds is 3. The Kier molecular flexibility index (Phi) is 3.96. The molecule has 3 nitrogen and oxygen atoms in total. The van der Waals surface area contributed by atoms with Crippen LogP contribution in [0, 0.1) is 0 Å². The normalized spacial score (nSPS) is 10.5. The maximum atomic E-state index is 12.4. The van der Waals surface area contributed by atoms with Gasteiger partial charge in [0.2, 0.25) is 0 Å². The van der Waals surface area contributed by atoms with E-state index in [9.17, 15) is 13.6 Å². The number of hydrogen-bond donors (Lipinski definition) is 0. The summed E-state index contributed by atoms with van der Waals surface area (Å²) in [5.41, 5.74) is -0.118. The van der Waals surface area contributed by atoms with Crippen LogP contribution in [0.1, 0.15) is 17.7 Å². The van der Waals surface area contributed by atoms with E-state index in [0.29, 0.717) is 0 Å². The van der Waals surface area contributed by atoms with Crippen molar-refractivity contribution in [1.82, 2.24) is 4.98 Å². The minimum atomic E-state index is -2.68. The average molecular weight is 236 g/mol. The van der Waals surface area contributed by atoms with Gasteiger partial charge in [-0.2, -0.15) is 0 Å². The summed E-state index contributed by atoms with van der Waals surface area (Å²) in [4.78, 5) is 14.6. The van der Waals surface area contributed by atoms with Gasteiger partial charge in [-0.1, -0.05) is 11.6 Å². The van der Waals surface area contributed by atoms with E-state index < -0.39 is 12.4 Å². The van der Waals surface area contributed by atoms with Crippen molar-refractivity contribution in [1.29, 1.82) is 0 Å². The molecule has 0 bridgehead atoms. The molecule has 0 unspecified atom stereocenters. The number of aromatic nitrogens is 1. The molecule has 1 aromatic heterocycles. The predicted octanol–water partition coefficient (Wildman–Crippen LogP) is 2.39. The molecule has 0 saturated heterocycles. The fourth-order valence-electron chi connectivity index (χ4n) is 0.984. The summed E-state index contributed by atoms with van der Waals surface area (Å²) in [5.74, 6) is -0.537. The van der Waals surface area contributed by atoms with Crippen LogP contribution in [-0.4, -0.2) is 18.1 Å². The Morgan fingerprint density at radius 3 is 2.87 bits per heavy atom. The molecule has 0 fully saturated rings. The summed E-state index contributed by atoms with van der Waals surface area (Å²) in [6.07, 6.45) is -1.73. The van der Waals surface area contributed by atoms with Gasteiger partial charge in [-0.25, -0.2) is 8.78 Å². The van der Waals surface area contributed by atoms with Crippen LogP contribution in [0.2, 0.25) is 5.02 Å². The van der Waals surface area contributed by atoms with E-state index in [1.54, 1.807) is 0 Å². The zero-order valence-electron chi connectivity index (χ0n) is 7.84. The molecule has 0 radical (unpaired) electrons. The summed E-state index contributed by atoms with van der Waals surface area (Å²) >= 11 is 5.50. The van der Waals surface area contributed by atoms with E-state index in [-0.39, 0.29) is 22.7 Å². The molecule has 0 atom stereocenters. The predicted molar refractivity (Wildman–Crippen MR) is 49.9 cm³/mol. The molecule has 1 aromatic rings. The molecule has 0 spiro atoms. The Bertz CT molecular complexity index is 371. The molecule has 1 heterocycles. The first-order valence-electron chi connectivity index (χ1n) is 4.04. The molecule has 0 amide bonds. The largest absolute Gasteiger partial charge is 0.469 e. The highest BCUT2D eigenvalue weighted by molar-refractivity contribution is 6.31. The second-order valence-corrected chi connectivity index (χ2v) is 3.16. The van der Waals surface area contributed by atoms with Crippen LogP contribution >= 0.6 is 11.6 Å². The molecular formula is C9H8ClF2NO2. The van der Waals surface area contributed by atoms with Crippen molar-refractivity contribution in [3.05, 3.63) is 28.5 Å². The fraction of sp³-hybridized carbons (Fsp3) is 0.333. The minimum absolute atomic E-state index is 0.112. The van der Waals surface area contributed by atoms with Gasteiger partial charge in [-0.15, -0.1) is 0 Å². The quantitative estimate of drug-likeness (QED) is 0.755. The van der Waals surface area contributed by atoms with E-state index in [4.69, 9.17) is 11.6 Å². The van der Waals surface area contributed by atoms with Gasteiger partial charge in [0.05, 0.1) is 24.2 Å². The molecule has 0 saturated carbocycles. The van der Waals surface area contributed by atoms with Crippen molar-refractivity contribution in [3.8, 4) is 0 Å². The summed E-state index contributed by atoms with van der Waals surface area (Å²) in [6.45, 7) is 0. The van der Waals surface area contributed by atoms with Gasteiger partial charge in [-0.3, -0.25) is 9.78 Å². The number of carbonyl (C=O) groups excluding carboxylic acids is 1. The van der Waals surface area contributed by atoms with Gasteiger partial charge in [0.25, 0.3) is 6.43 Å². The smallest absolute Gasteiger partial charge is 0.311 e. The van der Waals surface area contributed by atoms with E-state index >= 15 is 0 Å². The highest BCUT2D eigenvalue weighted by Crippen LogP contribution is 2.26. The third-order valence-corrected chi connectivity index (χ3v) is 2.05. The number of esters is 1. The number of pyridine rings is 1. The van der Waals surface area contributed by atoms with Crippen molar-refractivity contribution < 1.29 is 18.3 Å². The molecule has 6 heteroatoms. The lowest BCUT2D eigenvalue weighted by molar-refractivity contribution is -0.139. The molecule has 1 rings (SSSR count). The Morgan fingerprint density at radius 2 is 2.33 bits per heavy atom. The first kappa shape index (κ1) is 11.8. The molecule has 0 aliphatic carbocycles. The third-order valence-electron chi connectivity index (χ3n) is 1.73. The van der Waals surface area contributed by atoms with Crippen LogP contribution in [0.4, 0.5) is 8.78 Å². The van der Waals surface area contributed by atoms with Crippen molar-refractivity contribution in [2.45, 2.75) is 12.8 Å². The SMILES string of the molecule is COC(=O)Cc1cc(C(F)F)c(Cl)cn1. The average Bonchev–Trinajstić information content (AvgIpc) is 2.20. The monoisotopic (exact) mass is 235 g/mol. The van der Waals surface area contributed by atoms with E-state index in [2.05, 4.69) is 9.72 Å². The number of halogens is 3. The first-order chi connectivity index (χ1) is 7.04. The van der Waals surface area contributed by atoms with Crippen molar-refractivity contribution in [2.75, 3.05) is 7.11 Å². The third kappa shape index (κ3) is 3.13. The second-order valence-electron chi connectivity index (χ2n) is 2.75. The van der Waals surface area contributed by atoms with E-state index in [1.165, 1.54) is 7.11 Å². The summed E-state index contributed by atoms with van der Waals surface area (Å²) < 4.78 is 29.2. The van der Waals surface area contributed by atoms with Crippen LogP contribution in [0.25, 0.3) is 0 Å². The fourth-order valence-corrected chi connectivity index (χ4v) is 1.17. The minimum Gasteiger partial charge on any atom is -0.469 e. The summed E-state index contributed by atoms with van der Waals surface area (Å²) in [7, 11) is 1.21. The van der Waals surface area contributed by atoms with Crippen molar-refractivity contribution in [2.24, 2.45) is 0 Å². The van der Waals surface area contributed by atoms with Crippen LogP contribution in [-0.2, 0) is 16.0 Å². The standard InChI is InChI=1S/C9H8ClF2NO2/c1-15-8(14)3-5-2-6(9(11)12)7(10)4-13-5/h2,4,9H,3H2,1H3. The van der Waals surface area contributed by atoms with Gasteiger partial charge in [-0.05, 0) is 6.07 Å². The van der Waals surface area contributed by atoms with Gasteiger partial charge in [0, 0.05) is 11.8 Å². The van der Waals surface area contributed by atoms with E-state index in [1.807, 2.05) is 0 Å². The topological polar surface area (TPSA) is 39.2 Å². The lowest BCUT2D eigenvalue weighted by Gasteiger charge is -2.05. The Morgan fingerprint density at radius 1 is 1.67 bits per heavy atom. The van der Waals surface area contributed by atoms with Crippen LogP contribution in [0.5, 0.6) is 0 Å². The number of methoxy groups -OCH3 is 1. The zero-order chi connectivity index (χ0) is 11.4. The van der Waals surface area contributed by atoms with Crippen molar-refractivity contribution >= 4 is 17.6 Å². The number of hydrogen-bond acceptors (Lipinski definition) is 3. The molecule has 0 N–H and O–H groups in total. The Labute approximate surface area is 90.0 Å². The molecular weight excluding hydrogens is 228 g/mol. The van der Waals surface area contributed by atoms with Gasteiger partial charge in [0.15, 0.2) is 0 Å². The molecule has 0 aliphatic rings. The van der Waals surface area contributed by atoms with Gasteiger partial charge >= 0.3 is 5.97 Å². The zero-order valence-corrected chi connectivity index (χ0v) is 8.59. The Balaban J connectivity index is 2.92. The highest BCUT2D eigenvalue weighted by atomic mass is 35.5. The molecule has 0 aliphatic heterocycles. The maximum Gasteiger partial charge on any atom is 0.311 e. The van der Waals surface area contributed by atoms with Gasteiger partial charge < -0.3 is 4.74 Å².